The molecular weight excluding hydrogens is 457 g/mol. The van der Waals surface area contributed by atoms with Gasteiger partial charge in [-0.3, -0.25) is 4.79 Å². The van der Waals surface area contributed by atoms with E-state index in [2.05, 4.69) is 20.6 Å². The molecule has 0 atom stereocenters. The monoisotopic (exact) mass is 481 g/mol. The summed E-state index contributed by atoms with van der Waals surface area (Å²) >= 11 is 0. The van der Waals surface area contributed by atoms with Crippen molar-refractivity contribution >= 4 is 39.0 Å². The Kier molecular flexibility index (Phi) is 5.70. The number of hydrogen-bond acceptors (Lipinski definition) is 5. The number of nitrogens with zero attached hydrogens (tertiary/aromatic N) is 2. The Hall–Kier alpha value is -3.50. The second kappa shape index (κ2) is 8.69. The van der Waals surface area contributed by atoms with Crippen molar-refractivity contribution in [3.05, 3.63) is 65.9 Å². The first-order chi connectivity index (χ1) is 16.3. The number of hydrogen-bond donors (Lipinski definition) is 3. The van der Waals surface area contributed by atoms with Crippen LogP contribution < -0.4 is 10.6 Å². The van der Waals surface area contributed by atoms with Gasteiger partial charge in [-0.05, 0) is 49.2 Å². The number of aromatic amines is 1. The highest BCUT2D eigenvalue weighted by Gasteiger charge is 2.27. The van der Waals surface area contributed by atoms with Crippen molar-refractivity contribution in [3.8, 4) is 11.3 Å². The van der Waals surface area contributed by atoms with Crippen molar-refractivity contribution < 1.29 is 17.6 Å². The normalized spacial score (nSPS) is 18.2. The van der Waals surface area contributed by atoms with E-state index in [1.54, 1.807) is 24.4 Å². The van der Waals surface area contributed by atoms with Crippen LogP contribution in [0.4, 0.5) is 15.8 Å². The minimum absolute atomic E-state index is 0.146. The van der Waals surface area contributed by atoms with Gasteiger partial charge in [0.05, 0.1) is 23.7 Å². The zero-order valence-corrected chi connectivity index (χ0v) is 19.3. The highest BCUT2D eigenvalue weighted by Crippen LogP contribution is 2.35. The van der Waals surface area contributed by atoms with E-state index in [0.717, 1.165) is 11.3 Å². The van der Waals surface area contributed by atoms with Crippen molar-refractivity contribution in [1.82, 2.24) is 14.3 Å². The van der Waals surface area contributed by atoms with Crippen molar-refractivity contribution in [2.24, 2.45) is 0 Å². The Labute approximate surface area is 197 Å². The van der Waals surface area contributed by atoms with E-state index in [9.17, 15) is 17.6 Å². The van der Waals surface area contributed by atoms with Crippen molar-refractivity contribution in [1.29, 1.82) is 0 Å². The molecule has 0 unspecified atom stereocenters. The SMILES string of the molecule is CS(=O)(=O)N1CCC(Nc2ccc3c(c2)C(=Cc2ncc(-c4cccc(F)c4)[nH]2)C(=O)N3)CC1. The van der Waals surface area contributed by atoms with E-state index in [1.807, 2.05) is 18.2 Å². The first-order valence-corrected chi connectivity index (χ1v) is 12.8. The Balaban J connectivity index is 1.35. The molecule has 8 nitrogen and oxygen atoms in total. The first-order valence-electron chi connectivity index (χ1n) is 11.0. The number of benzene rings is 2. The quantitative estimate of drug-likeness (QED) is 0.483. The summed E-state index contributed by atoms with van der Waals surface area (Å²) in [7, 11) is -3.17. The summed E-state index contributed by atoms with van der Waals surface area (Å²) in [6.45, 7) is 0.970. The molecule has 1 fully saturated rings. The number of halogens is 1. The number of nitrogens with one attached hydrogen (secondary N) is 3. The molecule has 5 rings (SSSR count). The summed E-state index contributed by atoms with van der Waals surface area (Å²) in [5.74, 6) is -0.0702. The Morgan fingerprint density at radius 1 is 1.18 bits per heavy atom. The molecule has 3 aromatic rings. The third-order valence-electron chi connectivity index (χ3n) is 6.11. The van der Waals surface area contributed by atoms with Crippen molar-refractivity contribution in [2.45, 2.75) is 18.9 Å². The van der Waals surface area contributed by atoms with Crippen LogP contribution in [0.2, 0.25) is 0 Å². The van der Waals surface area contributed by atoms with Gasteiger partial charge in [-0.2, -0.15) is 0 Å². The molecule has 10 heteroatoms. The summed E-state index contributed by atoms with van der Waals surface area (Å²) < 4.78 is 38.5. The molecule has 0 saturated carbocycles. The number of aromatic nitrogens is 2. The Morgan fingerprint density at radius 2 is 1.97 bits per heavy atom. The molecule has 0 bridgehead atoms. The zero-order valence-electron chi connectivity index (χ0n) is 18.5. The van der Waals surface area contributed by atoms with E-state index in [1.165, 1.54) is 22.7 Å². The van der Waals surface area contributed by atoms with Gasteiger partial charge in [0.25, 0.3) is 5.91 Å². The minimum atomic E-state index is -3.17. The van der Waals surface area contributed by atoms with Crippen LogP contribution >= 0.6 is 0 Å². The molecule has 2 aliphatic heterocycles. The maximum Gasteiger partial charge on any atom is 0.256 e. The molecule has 1 aromatic heterocycles. The van der Waals surface area contributed by atoms with Crippen molar-refractivity contribution in [3.63, 3.8) is 0 Å². The number of piperidine rings is 1. The smallest absolute Gasteiger partial charge is 0.256 e. The van der Waals surface area contributed by atoms with Crippen LogP contribution in [0, 0.1) is 5.82 Å². The molecule has 0 spiro atoms. The van der Waals surface area contributed by atoms with Gasteiger partial charge in [-0.15, -0.1) is 0 Å². The van der Waals surface area contributed by atoms with Crippen LogP contribution in [-0.4, -0.2) is 54.0 Å². The lowest BCUT2D eigenvalue weighted by Crippen LogP contribution is -2.41. The highest BCUT2D eigenvalue weighted by molar-refractivity contribution is 7.88. The molecule has 2 aromatic carbocycles. The van der Waals surface area contributed by atoms with Gasteiger partial charge in [0.1, 0.15) is 11.6 Å². The molecule has 34 heavy (non-hydrogen) atoms. The molecule has 0 radical (unpaired) electrons. The van der Waals surface area contributed by atoms with E-state index < -0.39 is 10.0 Å². The lowest BCUT2D eigenvalue weighted by Gasteiger charge is -2.31. The van der Waals surface area contributed by atoms with E-state index in [0.29, 0.717) is 54.3 Å². The minimum Gasteiger partial charge on any atom is -0.382 e. The second-order valence-electron chi connectivity index (χ2n) is 8.55. The summed E-state index contributed by atoms with van der Waals surface area (Å²) in [4.78, 5) is 20.1. The lowest BCUT2D eigenvalue weighted by molar-refractivity contribution is -0.110. The summed E-state index contributed by atoms with van der Waals surface area (Å²) in [5, 5.41) is 6.33. The Bertz CT molecular complexity index is 1390. The number of imidazole rings is 1. The van der Waals surface area contributed by atoms with Gasteiger partial charge in [-0.25, -0.2) is 22.1 Å². The highest BCUT2D eigenvalue weighted by atomic mass is 32.2. The van der Waals surface area contributed by atoms with Crippen LogP contribution in [0.3, 0.4) is 0 Å². The van der Waals surface area contributed by atoms with Gasteiger partial charge in [0.2, 0.25) is 10.0 Å². The van der Waals surface area contributed by atoms with Gasteiger partial charge in [-0.1, -0.05) is 12.1 Å². The fraction of sp³-hybridized carbons (Fsp3) is 0.250. The number of H-pyrrole nitrogens is 1. The maximum atomic E-state index is 13.5. The molecule has 3 N–H and O–H groups in total. The summed E-state index contributed by atoms with van der Waals surface area (Å²) in [6, 6.07) is 12.0. The number of carbonyl (C=O) groups is 1. The number of sulfonamides is 1. The Morgan fingerprint density at radius 3 is 2.71 bits per heavy atom. The second-order valence-corrected chi connectivity index (χ2v) is 10.5. The lowest BCUT2D eigenvalue weighted by atomic mass is 10.0. The van der Waals surface area contributed by atoms with E-state index in [4.69, 9.17) is 0 Å². The van der Waals surface area contributed by atoms with Crippen LogP contribution in [0.1, 0.15) is 24.2 Å². The summed E-state index contributed by atoms with van der Waals surface area (Å²) in [6.07, 6.45) is 5.94. The number of amides is 1. The average molecular weight is 482 g/mol. The fourth-order valence-electron chi connectivity index (χ4n) is 4.34. The van der Waals surface area contributed by atoms with Gasteiger partial charge < -0.3 is 15.6 Å². The van der Waals surface area contributed by atoms with Crippen LogP contribution in [-0.2, 0) is 14.8 Å². The molecule has 1 saturated heterocycles. The van der Waals surface area contributed by atoms with Crippen LogP contribution in [0.25, 0.3) is 22.9 Å². The van der Waals surface area contributed by atoms with Crippen molar-refractivity contribution in [2.75, 3.05) is 30.0 Å². The van der Waals surface area contributed by atoms with E-state index in [-0.39, 0.29) is 17.8 Å². The van der Waals surface area contributed by atoms with E-state index >= 15 is 0 Å². The summed E-state index contributed by atoms with van der Waals surface area (Å²) in [5.41, 5.74) is 4.13. The molecule has 0 aliphatic carbocycles. The number of carbonyl (C=O) groups excluding carboxylic acids is 1. The third kappa shape index (κ3) is 4.59. The topological polar surface area (TPSA) is 107 Å². The number of fused-ring (bicyclic) bond motifs is 1. The average Bonchev–Trinajstić information content (AvgIpc) is 3.38. The predicted molar refractivity (Wildman–Crippen MR) is 130 cm³/mol. The standard InChI is InChI=1S/C24H24FN5O3S/c1-34(32,33)30-9-7-17(8-10-30)27-18-5-6-21-19(12-18)20(24(31)29-21)13-23-26-14-22(28-23)15-3-2-4-16(25)11-15/h2-6,11-14,17,27H,7-10H2,1H3,(H,26,28)(H,29,31). The third-order valence-corrected chi connectivity index (χ3v) is 7.41. The number of anilines is 2. The fourth-order valence-corrected chi connectivity index (χ4v) is 5.21. The largest absolute Gasteiger partial charge is 0.382 e. The van der Waals surface area contributed by atoms with Gasteiger partial charge in [0.15, 0.2) is 0 Å². The van der Waals surface area contributed by atoms with Gasteiger partial charge in [0, 0.05) is 41.6 Å². The zero-order chi connectivity index (χ0) is 23.9. The molecule has 1 amide bonds. The molecule has 3 heterocycles. The molecule has 176 valence electrons. The first kappa shape index (κ1) is 22.3. The maximum absolute atomic E-state index is 13.5. The molecular formula is C24H24FN5O3S. The van der Waals surface area contributed by atoms with Crippen LogP contribution in [0.5, 0.6) is 0 Å². The van der Waals surface area contributed by atoms with Gasteiger partial charge >= 0.3 is 0 Å². The predicted octanol–water partition coefficient (Wildman–Crippen LogP) is 3.54. The number of rotatable bonds is 5. The molecule has 2 aliphatic rings. The van der Waals surface area contributed by atoms with Crippen LogP contribution in [0.15, 0.2) is 48.7 Å².